The van der Waals surface area contributed by atoms with Gasteiger partial charge >= 0.3 is 0 Å². The molecule has 3 heteroatoms. The molecule has 2 aliphatic rings. The van der Waals surface area contributed by atoms with E-state index in [0.717, 1.165) is 6.54 Å². The minimum atomic E-state index is 0.358. The van der Waals surface area contributed by atoms with Crippen LogP contribution in [0.4, 0.5) is 0 Å². The second kappa shape index (κ2) is 5.48. The molecule has 1 aliphatic heterocycles. The Bertz CT molecular complexity index is 214. The normalized spacial score (nSPS) is 28.1. The quantitative estimate of drug-likeness (QED) is 0.791. The Balaban J connectivity index is 1.92. The van der Waals surface area contributed by atoms with Gasteiger partial charge in [0.2, 0.25) is 0 Å². The molecule has 1 aliphatic carbocycles. The molecule has 0 amide bonds. The number of methoxy groups -OCH3 is 1. The van der Waals surface area contributed by atoms with Gasteiger partial charge < -0.3 is 10.1 Å². The van der Waals surface area contributed by atoms with Crippen LogP contribution in [0.15, 0.2) is 0 Å². The van der Waals surface area contributed by atoms with E-state index < -0.39 is 0 Å². The number of hydrogen-bond acceptors (Lipinski definition) is 3. The molecular formula is C13H26N2O. The van der Waals surface area contributed by atoms with Gasteiger partial charge in [0.05, 0.1) is 6.10 Å². The third-order valence-electron chi connectivity index (χ3n) is 4.16. The SMILES string of the molecule is COC(C)CN1CCCNC2(CCCC2)C1. The van der Waals surface area contributed by atoms with Crippen LogP contribution in [0.1, 0.15) is 39.0 Å². The highest BCUT2D eigenvalue weighted by Crippen LogP contribution is 2.31. The maximum atomic E-state index is 5.38. The Labute approximate surface area is 99.5 Å². The summed E-state index contributed by atoms with van der Waals surface area (Å²) >= 11 is 0. The van der Waals surface area contributed by atoms with E-state index in [1.807, 2.05) is 7.11 Å². The molecule has 0 radical (unpaired) electrons. The van der Waals surface area contributed by atoms with Gasteiger partial charge in [-0.15, -0.1) is 0 Å². The van der Waals surface area contributed by atoms with E-state index in [0.29, 0.717) is 11.6 Å². The van der Waals surface area contributed by atoms with E-state index in [-0.39, 0.29) is 0 Å². The van der Waals surface area contributed by atoms with Crippen LogP contribution in [-0.2, 0) is 4.74 Å². The van der Waals surface area contributed by atoms with Crippen LogP contribution in [0, 0.1) is 0 Å². The van der Waals surface area contributed by atoms with Crippen molar-refractivity contribution < 1.29 is 4.74 Å². The summed E-state index contributed by atoms with van der Waals surface area (Å²) in [5.74, 6) is 0. The summed E-state index contributed by atoms with van der Waals surface area (Å²) in [5.41, 5.74) is 0.434. The lowest BCUT2D eigenvalue weighted by atomic mass is 9.97. The second-order valence-corrected chi connectivity index (χ2v) is 5.55. The van der Waals surface area contributed by atoms with Gasteiger partial charge in [0.15, 0.2) is 0 Å². The van der Waals surface area contributed by atoms with Gasteiger partial charge in [0.1, 0.15) is 0 Å². The van der Waals surface area contributed by atoms with Crippen LogP contribution in [0.3, 0.4) is 0 Å². The molecule has 1 saturated heterocycles. The maximum Gasteiger partial charge on any atom is 0.0670 e. The van der Waals surface area contributed by atoms with Crippen LogP contribution < -0.4 is 5.32 Å². The molecule has 1 heterocycles. The van der Waals surface area contributed by atoms with Crippen LogP contribution in [0.25, 0.3) is 0 Å². The van der Waals surface area contributed by atoms with Crippen molar-refractivity contribution in [3.05, 3.63) is 0 Å². The first-order valence-electron chi connectivity index (χ1n) is 6.74. The van der Waals surface area contributed by atoms with Crippen LogP contribution in [-0.4, -0.2) is 49.8 Å². The summed E-state index contributed by atoms with van der Waals surface area (Å²) in [6, 6.07) is 0. The summed E-state index contributed by atoms with van der Waals surface area (Å²) in [5, 5.41) is 3.80. The van der Waals surface area contributed by atoms with Crippen molar-refractivity contribution in [1.29, 1.82) is 0 Å². The predicted molar refractivity (Wildman–Crippen MR) is 66.7 cm³/mol. The van der Waals surface area contributed by atoms with Crippen molar-refractivity contribution in [1.82, 2.24) is 10.2 Å². The fourth-order valence-electron chi connectivity index (χ4n) is 3.20. The molecule has 3 nitrogen and oxygen atoms in total. The van der Waals surface area contributed by atoms with Gasteiger partial charge in [-0.25, -0.2) is 0 Å². The number of nitrogens with zero attached hydrogens (tertiary/aromatic N) is 1. The van der Waals surface area contributed by atoms with Crippen molar-refractivity contribution in [3.8, 4) is 0 Å². The Morgan fingerprint density at radius 3 is 2.75 bits per heavy atom. The second-order valence-electron chi connectivity index (χ2n) is 5.55. The molecule has 0 bridgehead atoms. The van der Waals surface area contributed by atoms with E-state index in [1.165, 1.54) is 51.7 Å². The van der Waals surface area contributed by atoms with E-state index in [9.17, 15) is 0 Å². The number of hydrogen-bond donors (Lipinski definition) is 1. The highest BCUT2D eigenvalue weighted by molar-refractivity contribution is 4.96. The smallest absolute Gasteiger partial charge is 0.0670 e. The summed E-state index contributed by atoms with van der Waals surface area (Å²) in [7, 11) is 1.81. The van der Waals surface area contributed by atoms with Crippen molar-refractivity contribution in [3.63, 3.8) is 0 Å². The lowest BCUT2D eigenvalue weighted by molar-refractivity contribution is 0.0699. The molecule has 0 aromatic carbocycles. The lowest BCUT2D eigenvalue weighted by Crippen LogP contribution is -2.50. The highest BCUT2D eigenvalue weighted by atomic mass is 16.5. The van der Waals surface area contributed by atoms with Gasteiger partial charge in [0, 0.05) is 25.7 Å². The molecule has 0 aromatic heterocycles. The molecule has 1 N–H and O–H groups in total. The van der Waals surface area contributed by atoms with Crippen molar-refractivity contribution >= 4 is 0 Å². The van der Waals surface area contributed by atoms with Gasteiger partial charge in [-0.3, -0.25) is 4.90 Å². The maximum absolute atomic E-state index is 5.38. The summed E-state index contributed by atoms with van der Waals surface area (Å²) < 4.78 is 5.38. The molecule has 94 valence electrons. The molecule has 1 unspecified atom stereocenters. The highest BCUT2D eigenvalue weighted by Gasteiger charge is 2.36. The van der Waals surface area contributed by atoms with Gasteiger partial charge in [-0.05, 0) is 39.3 Å². The van der Waals surface area contributed by atoms with Crippen molar-refractivity contribution in [2.45, 2.75) is 50.7 Å². The molecule has 1 spiro atoms. The Morgan fingerprint density at radius 2 is 2.06 bits per heavy atom. The average Bonchev–Trinajstić information content (AvgIpc) is 2.63. The van der Waals surface area contributed by atoms with Crippen LogP contribution >= 0.6 is 0 Å². The Morgan fingerprint density at radius 1 is 1.31 bits per heavy atom. The number of ether oxygens (including phenoxy) is 1. The molecule has 2 fully saturated rings. The number of nitrogens with one attached hydrogen (secondary N) is 1. The summed E-state index contributed by atoms with van der Waals surface area (Å²) in [6.07, 6.45) is 7.17. The molecular weight excluding hydrogens is 200 g/mol. The third kappa shape index (κ3) is 2.96. The lowest BCUT2D eigenvalue weighted by Gasteiger charge is -2.34. The van der Waals surface area contributed by atoms with E-state index >= 15 is 0 Å². The van der Waals surface area contributed by atoms with E-state index in [4.69, 9.17) is 4.74 Å². The zero-order valence-electron chi connectivity index (χ0n) is 10.8. The van der Waals surface area contributed by atoms with Crippen molar-refractivity contribution in [2.75, 3.05) is 33.3 Å². The first kappa shape index (κ1) is 12.3. The first-order valence-corrected chi connectivity index (χ1v) is 6.74. The Kier molecular flexibility index (Phi) is 4.22. The Hall–Kier alpha value is -0.120. The standard InChI is InChI=1S/C13H26N2O/c1-12(16-2)10-15-9-5-8-14-13(11-15)6-3-4-7-13/h12,14H,3-11H2,1-2H3. The fourth-order valence-corrected chi connectivity index (χ4v) is 3.20. The van der Waals surface area contributed by atoms with E-state index in [1.54, 1.807) is 0 Å². The zero-order chi connectivity index (χ0) is 11.4. The van der Waals surface area contributed by atoms with Crippen molar-refractivity contribution in [2.24, 2.45) is 0 Å². The van der Waals surface area contributed by atoms with Crippen LogP contribution in [0.5, 0.6) is 0 Å². The average molecular weight is 226 g/mol. The molecule has 1 atom stereocenters. The van der Waals surface area contributed by atoms with Gasteiger partial charge in [-0.2, -0.15) is 0 Å². The predicted octanol–water partition coefficient (Wildman–Crippen LogP) is 1.63. The molecule has 1 saturated carbocycles. The first-order chi connectivity index (χ1) is 7.74. The topological polar surface area (TPSA) is 24.5 Å². The molecule has 2 rings (SSSR count). The van der Waals surface area contributed by atoms with Gasteiger partial charge in [0.25, 0.3) is 0 Å². The minimum absolute atomic E-state index is 0.358. The van der Waals surface area contributed by atoms with Crippen LogP contribution in [0.2, 0.25) is 0 Å². The minimum Gasteiger partial charge on any atom is -0.380 e. The summed E-state index contributed by atoms with van der Waals surface area (Å²) in [4.78, 5) is 2.60. The monoisotopic (exact) mass is 226 g/mol. The largest absolute Gasteiger partial charge is 0.380 e. The third-order valence-corrected chi connectivity index (χ3v) is 4.16. The fraction of sp³-hybridized carbons (Fsp3) is 1.00. The molecule has 16 heavy (non-hydrogen) atoms. The summed E-state index contributed by atoms with van der Waals surface area (Å²) in [6.45, 7) is 6.89. The number of rotatable bonds is 3. The van der Waals surface area contributed by atoms with E-state index in [2.05, 4.69) is 17.1 Å². The molecule has 0 aromatic rings. The zero-order valence-corrected chi connectivity index (χ0v) is 10.8. The van der Waals surface area contributed by atoms with Gasteiger partial charge in [-0.1, -0.05) is 12.8 Å².